The van der Waals surface area contributed by atoms with E-state index in [1.807, 2.05) is 24.3 Å². The number of halogens is 1. The Kier molecular flexibility index (Phi) is 4.83. The summed E-state index contributed by atoms with van der Waals surface area (Å²) in [5.74, 6) is -1.17. The summed E-state index contributed by atoms with van der Waals surface area (Å²) >= 11 is 0. The van der Waals surface area contributed by atoms with E-state index in [0.29, 0.717) is 12.2 Å². The van der Waals surface area contributed by atoms with Gasteiger partial charge in [-0.15, -0.1) is 0 Å². The average Bonchev–Trinajstić information content (AvgIpc) is 3.00. The molecule has 0 radical (unpaired) electrons. The van der Waals surface area contributed by atoms with Gasteiger partial charge in [-0.3, -0.25) is 9.59 Å². The highest BCUT2D eigenvalue weighted by atomic mass is 19.1. The van der Waals surface area contributed by atoms with Gasteiger partial charge in [0, 0.05) is 24.3 Å². The van der Waals surface area contributed by atoms with Crippen molar-refractivity contribution < 1.29 is 14.0 Å². The van der Waals surface area contributed by atoms with Crippen LogP contribution >= 0.6 is 0 Å². The van der Waals surface area contributed by atoms with Gasteiger partial charge >= 0.3 is 0 Å². The van der Waals surface area contributed by atoms with Crippen LogP contribution in [-0.4, -0.2) is 18.4 Å². The molecule has 2 amide bonds. The molecule has 1 N–H and O–H groups in total. The number of rotatable bonds is 4. The Bertz CT molecular complexity index is 802. The second kappa shape index (κ2) is 7.05. The number of carbonyl (C=O) groups excluding carboxylic acids is 2. The molecule has 0 aliphatic carbocycles. The Morgan fingerprint density at radius 1 is 1.24 bits per heavy atom. The zero-order chi connectivity index (χ0) is 18.0. The van der Waals surface area contributed by atoms with E-state index in [1.165, 1.54) is 17.7 Å². The Morgan fingerprint density at radius 3 is 2.64 bits per heavy atom. The number of benzene rings is 2. The summed E-state index contributed by atoms with van der Waals surface area (Å²) in [5.41, 5.74) is 3.24. The van der Waals surface area contributed by atoms with Crippen molar-refractivity contribution >= 4 is 23.2 Å². The van der Waals surface area contributed by atoms with Crippen LogP contribution in [0.4, 0.5) is 15.8 Å². The molecular formula is C20H21FN2O2. The zero-order valence-corrected chi connectivity index (χ0v) is 14.4. The number of aryl methyl sites for hydroxylation is 2. The van der Waals surface area contributed by atoms with Crippen molar-refractivity contribution in [1.82, 2.24) is 0 Å². The van der Waals surface area contributed by atoms with Crippen molar-refractivity contribution in [2.75, 3.05) is 16.8 Å². The molecule has 1 atom stereocenters. The molecule has 3 rings (SSSR count). The van der Waals surface area contributed by atoms with Crippen LogP contribution in [0.25, 0.3) is 0 Å². The SMILES string of the molecule is CCc1ccc(N2C[C@@H](C(=O)Nc3cc(F)ccc3C)CC2=O)cc1. The maximum atomic E-state index is 13.4. The first-order valence-corrected chi connectivity index (χ1v) is 8.44. The molecule has 4 nitrogen and oxygen atoms in total. The minimum Gasteiger partial charge on any atom is -0.325 e. The Morgan fingerprint density at radius 2 is 1.96 bits per heavy atom. The molecule has 5 heteroatoms. The van der Waals surface area contributed by atoms with Crippen LogP contribution in [0.5, 0.6) is 0 Å². The maximum Gasteiger partial charge on any atom is 0.229 e. The largest absolute Gasteiger partial charge is 0.325 e. The van der Waals surface area contributed by atoms with Crippen LogP contribution in [0.15, 0.2) is 42.5 Å². The minimum atomic E-state index is -0.444. The van der Waals surface area contributed by atoms with Gasteiger partial charge in [-0.2, -0.15) is 0 Å². The first-order chi connectivity index (χ1) is 12.0. The zero-order valence-electron chi connectivity index (χ0n) is 14.4. The smallest absolute Gasteiger partial charge is 0.229 e. The third kappa shape index (κ3) is 3.71. The van der Waals surface area contributed by atoms with Gasteiger partial charge in [0.2, 0.25) is 11.8 Å². The Labute approximate surface area is 146 Å². The fourth-order valence-electron chi connectivity index (χ4n) is 3.01. The van der Waals surface area contributed by atoms with Crippen molar-refractivity contribution in [1.29, 1.82) is 0 Å². The quantitative estimate of drug-likeness (QED) is 0.923. The van der Waals surface area contributed by atoms with Crippen molar-refractivity contribution in [2.45, 2.75) is 26.7 Å². The highest BCUT2D eigenvalue weighted by Crippen LogP contribution is 2.27. The van der Waals surface area contributed by atoms with Gasteiger partial charge in [0.05, 0.1) is 5.92 Å². The van der Waals surface area contributed by atoms with Crippen molar-refractivity contribution in [2.24, 2.45) is 5.92 Å². The predicted molar refractivity (Wildman–Crippen MR) is 96.0 cm³/mol. The fraction of sp³-hybridized carbons (Fsp3) is 0.300. The van der Waals surface area contributed by atoms with Gasteiger partial charge in [-0.05, 0) is 48.7 Å². The predicted octanol–water partition coefficient (Wildman–Crippen LogP) is 3.69. The van der Waals surface area contributed by atoms with Gasteiger partial charge in [-0.1, -0.05) is 25.1 Å². The molecule has 0 spiro atoms. The molecule has 1 aliphatic rings. The highest BCUT2D eigenvalue weighted by molar-refractivity contribution is 6.03. The number of nitrogens with one attached hydrogen (secondary N) is 1. The van der Waals surface area contributed by atoms with Crippen LogP contribution < -0.4 is 10.2 Å². The van der Waals surface area contributed by atoms with Crippen LogP contribution in [0.1, 0.15) is 24.5 Å². The third-order valence-corrected chi connectivity index (χ3v) is 4.61. The number of nitrogens with zero attached hydrogens (tertiary/aromatic N) is 1. The summed E-state index contributed by atoms with van der Waals surface area (Å²) in [7, 11) is 0. The second-order valence-electron chi connectivity index (χ2n) is 6.37. The molecule has 0 aromatic heterocycles. The molecule has 130 valence electrons. The summed E-state index contributed by atoms with van der Waals surface area (Å²) in [4.78, 5) is 26.4. The lowest BCUT2D eigenvalue weighted by molar-refractivity contribution is -0.122. The van der Waals surface area contributed by atoms with Crippen LogP contribution in [0, 0.1) is 18.7 Å². The van der Waals surface area contributed by atoms with Crippen molar-refractivity contribution in [3.8, 4) is 0 Å². The van der Waals surface area contributed by atoms with Crippen LogP contribution in [0.3, 0.4) is 0 Å². The molecule has 25 heavy (non-hydrogen) atoms. The van der Waals surface area contributed by atoms with Gasteiger partial charge in [0.1, 0.15) is 5.82 Å². The molecule has 1 saturated heterocycles. The molecule has 1 aliphatic heterocycles. The van der Waals surface area contributed by atoms with E-state index in [9.17, 15) is 14.0 Å². The minimum absolute atomic E-state index is 0.0691. The average molecular weight is 340 g/mol. The summed E-state index contributed by atoms with van der Waals surface area (Å²) in [6, 6.07) is 12.1. The van der Waals surface area contributed by atoms with Gasteiger partial charge in [0.25, 0.3) is 0 Å². The molecule has 1 fully saturated rings. The topological polar surface area (TPSA) is 49.4 Å². The number of anilines is 2. The molecule has 1 heterocycles. The highest BCUT2D eigenvalue weighted by Gasteiger charge is 2.35. The molecule has 2 aromatic carbocycles. The Balaban J connectivity index is 1.70. The normalized spacial score (nSPS) is 17.0. The van der Waals surface area contributed by atoms with Crippen molar-refractivity contribution in [3.05, 3.63) is 59.4 Å². The first kappa shape index (κ1) is 17.1. The summed E-state index contributed by atoms with van der Waals surface area (Å²) in [6.07, 6.45) is 1.10. The summed E-state index contributed by atoms with van der Waals surface area (Å²) in [5, 5.41) is 2.75. The lowest BCUT2D eigenvalue weighted by atomic mass is 10.1. The number of amides is 2. The van der Waals surface area contributed by atoms with Gasteiger partial charge in [0.15, 0.2) is 0 Å². The Hall–Kier alpha value is -2.69. The van der Waals surface area contributed by atoms with Crippen LogP contribution in [-0.2, 0) is 16.0 Å². The van der Waals surface area contributed by atoms with Crippen molar-refractivity contribution in [3.63, 3.8) is 0 Å². The molecule has 0 saturated carbocycles. The summed E-state index contributed by atoms with van der Waals surface area (Å²) in [6.45, 7) is 4.21. The number of carbonyl (C=O) groups is 2. The van der Waals surface area contributed by atoms with E-state index in [1.54, 1.807) is 17.9 Å². The molecule has 0 bridgehead atoms. The van der Waals surface area contributed by atoms with E-state index in [4.69, 9.17) is 0 Å². The third-order valence-electron chi connectivity index (χ3n) is 4.61. The molecule has 0 unspecified atom stereocenters. The van der Waals surface area contributed by atoms with E-state index in [-0.39, 0.29) is 18.2 Å². The maximum absolute atomic E-state index is 13.4. The lowest BCUT2D eigenvalue weighted by Gasteiger charge is -2.17. The number of hydrogen-bond acceptors (Lipinski definition) is 2. The standard InChI is InChI=1S/C20H21FN2O2/c1-3-14-5-8-17(9-6-14)23-12-15(10-19(23)24)20(25)22-18-11-16(21)7-4-13(18)2/h4-9,11,15H,3,10,12H2,1-2H3,(H,22,25)/t15-/m0/s1. The number of hydrogen-bond donors (Lipinski definition) is 1. The van der Waals surface area contributed by atoms with E-state index in [0.717, 1.165) is 17.7 Å². The summed E-state index contributed by atoms with van der Waals surface area (Å²) < 4.78 is 13.4. The van der Waals surface area contributed by atoms with Crippen LogP contribution in [0.2, 0.25) is 0 Å². The van der Waals surface area contributed by atoms with E-state index >= 15 is 0 Å². The van der Waals surface area contributed by atoms with E-state index in [2.05, 4.69) is 12.2 Å². The lowest BCUT2D eigenvalue weighted by Crippen LogP contribution is -2.28. The van der Waals surface area contributed by atoms with E-state index < -0.39 is 11.7 Å². The first-order valence-electron chi connectivity index (χ1n) is 8.44. The fourth-order valence-corrected chi connectivity index (χ4v) is 3.01. The van der Waals surface area contributed by atoms with Gasteiger partial charge in [-0.25, -0.2) is 4.39 Å². The molecular weight excluding hydrogens is 319 g/mol. The van der Waals surface area contributed by atoms with Gasteiger partial charge < -0.3 is 10.2 Å². The molecule has 2 aromatic rings. The second-order valence-corrected chi connectivity index (χ2v) is 6.37. The monoisotopic (exact) mass is 340 g/mol.